The summed E-state index contributed by atoms with van der Waals surface area (Å²) >= 11 is 6.03. The first kappa shape index (κ1) is 20.7. The van der Waals surface area contributed by atoms with Gasteiger partial charge in [-0.15, -0.1) is 0 Å². The van der Waals surface area contributed by atoms with Gasteiger partial charge in [0.1, 0.15) is 5.82 Å². The molecule has 0 bridgehead atoms. The average molecular weight is 422 g/mol. The topological polar surface area (TPSA) is 38.1 Å². The number of hydrogen-bond donors (Lipinski definition) is 0. The van der Waals surface area contributed by atoms with Crippen molar-refractivity contribution in [2.75, 3.05) is 0 Å². The first-order valence-electron chi connectivity index (χ1n) is 10.7. The molecule has 4 rings (SSSR count). The molecule has 0 spiro atoms. The van der Waals surface area contributed by atoms with Crippen LogP contribution >= 0.6 is 11.6 Å². The van der Waals surface area contributed by atoms with Crippen LogP contribution in [0.4, 0.5) is 0 Å². The molecule has 1 amide bonds. The Kier molecular flexibility index (Phi) is 6.53. The number of hydrogen-bond acceptors (Lipinski definition) is 2. The Balaban J connectivity index is 1.59. The van der Waals surface area contributed by atoms with Crippen molar-refractivity contribution in [2.24, 2.45) is 0 Å². The first-order chi connectivity index (χ1) is 14.6. The summed E-state index contributed by atoms with van der Waals surface area (Å²) in [6, 6.07) is 15.9. The third kappa shape index (κ3) is 4.76. The molecule has 0 N–H and O–H groups in total. The van der Waals surface area contributed by atoms with Gasteiger partial charge in [-0.2, -0.15) is 0 Å². The zero-order chi connectivity index (χ0) is 20.9. The predicted octanol–water partition coefficient (Wildman–Crippen LogP) is 5.87. The van der Waals surface area contributed by atoms with E-state index in [9.17, 15) is 4.79 Å². The number of benzene rings is 2. The Morgan fingerprint density at radius 1 is 1.10 bits per heavy atom. The lowest BCUT2D eigenvalue weighted by Gasteiger charge is -2.34. The molecule has 0 atom stereocenters. The molecule has 1 fully saturated rings. The Labute approximate surface area is 183 Å². The lowest BCUT2D eigenvalue weighted by atomic mass is 9.93. The Morgan fingerprint density at radius 3 is 2.57 bits per heavy atom. The van der Waals surface area contributed by atoms with Crippen molar-refractivity contribution in [1.82, 2.24) is 14.5 Å². The third-order valence-corrected chi connectivity index (χ3v) is 6.33. The van der Waals surface area contributed by atoms with Crippen LogP contribution in [0, 0.1) is 6.92 Å². The van der Waals surface area contributed by atoms with Gasteiger partial charge in [0.2, 0.25) is 0 Å². The SMILES string of the molecule is Cc1ccccc1Cn1ccnc1CN(C(=O)c1ccc(Cl)cc1)C1CCCCC1. The van der Waals surface area contributed by atoms with Crippen LogP contribution in [0.2, 0.25) is 5.02 Å². The van der Waals surface area contributed by atoms with E-state index in [4.69, 9.17) is 11.6 Å². The van der Waals surface area contributed by atoms with Crippen molar-refractivity contribution >= 4 is 17.5 Å². The van der Waals surface area contributed by atoms with E-state index in [0.717, 1.165) is 25.2 Å². The van der Waals surface area contributed by atoms with E-state index >= 15 is 0 Å². The minimum Gasteiger partial charge on any atom is -0.329 e. The number of rotatable bonds is 6. The van der Waals surface area contributed by atoms with Crippen LogP contribution in [-0.4, -0.2) is 26.4 Å². The quantitative estimate of drug-likeness (QED) is 0.499. The number of carbonyl (C=O) groups is 1. The molecule has 0 radical (unpaired) electrons. The van der Waals surface area contributed by atoms with Gasteiger partial charge in [0.15, 0.2) is 0 Å². The van der Waals surface area contributed by atoms with E-state index in [1.54, 1.807) is 12.1 Å². The smallest absolute Gasteiger partial charge is 0.254 e. The third-order valence-electron chi connectivity index (χ3n) is 6.08. The highest BCUT2D eigenvalue weighted by Crippen LogP contribution is 2.26. The molecular weight excluding hydrogens is 394 g/mol. The summed E-state index contributed by atoms with van der Waals surface area (Å²) in [5, 5.41) is 0.643. The summed E-state index contributed by atoms with van der Waals surface area (Å²) < 4.78 is 2.16. The van der Waals surface area contributed by atoms with Crippen LogP contribution in [0.5, 0.6) is 0 Å². The normalized spacial score (nSPS) is 14.6. The van der Waals surface area contributed by atoms with Gasteiger partial charge >= 0.3 is 0 Å². The lowest BCUT2D eigenvalue weighted by Crippen LogP contribution is -2.41. The molecule has 1 saturated carbocycles. The number of aryl methyl sites for hydroxylation is 1. The summed E-state index contributed by atoms with van der Waals surface area (Å²) in [7, 11) is 0. The molecule has 0 unspecified atom stereocenters. The maximum atomic E-state index is 13.5. The van der Waals surface area contributed by atoms with Crippen molar-refractivity contribution in [3.8, 4) is 0 Å². The first-order valence-corrected chi connectivity index (χ1v) is 11.1. The molecule has 1 aliphatic rings. The van der Waals surface area contributed by atoms with Crippen molar-refractivity contribution in [3.05, 3.63) is 88.5 Å². The molecular formula is C25H28ClN3O. The number of halogens is 1. The zero-order valence-corrected chi connectivity index (χ0v) is 18.2. The van der Waals surface area contributed by atoms with Gasteiger partial charge in [0.05, 0.1) is 6.54 Å². The van der Waals surface area contributed by atoms with Crippen molar-refractivity contribution < 1.29 is 4.79 Å². The fourth-order valence-electron chi connectivity index (χ4n) is 4.28. The van der Waals surface area contributed by atoms with Crippen LogP contribution in [0.3, 0.4) is 0 Å². The monoisotopic (exact) mass is 421 g/mol. The minimum atomic E-state index is 0.0593. The van der Waals surface area contributed by atoms with E-state index in [1.807, 2.05) is 29.4 Å². The van der Waals surface area contributed by atoms with Gasteiger partial charge in [-0.1, -0.05) is 55.1 Å². The molecule has 1 heterocycles. The van der Waals surface area contributed by atoms with Gasteiger partial charge in [-0.25, -0.2) is 4.98 Å². The summed E-state index contributed by atoms with van der Waals surface area (Å²) in [6.45, 7) is 3.41. The lowest BCUT2D eigenvalue weighted by molar-refractivity contribution is 0.0605. The van der Waals surface area contributed by atoms with E-state index in [1.165, 1.54) is 30.4 Å². The molecule has 3 aromatic rings. The number of carbonyl (C=O) groups excluding carboxylic acids is 1. The van der Waals surface area contributed by atoms with Crippen molar-refractivity contribution in [1.29, 1.82) is 0 Å². The number of nitrogens with zero attached hydrogens (tertiary/aromatic N) is 3. The number of amides is 1. The molecule has 156 valence electrons. The van der Waals surface area contributed by atoms with Gasteiger partial charge < -0.3 is 9.47 Å². The highest BCUT2D eigenvalue weighted by molar-refractivity contribution is 6.30. The van der Waals surface area contributed by atoms with Crippen molar-refractivity contribution in [2.45, 2.75) is 58.2 Å². The summed E-state index contributed by atoms with van der Waals surface area (Å²) in [5.41, 5.74) is 3.21. The van der Waals surface area contributed by atoms with Crippen molar-refractivity contribution in [3.63, 3.8) is 0 Å². The molecule has 30 heavy (non-hydrogen) atoms. The van der Waals surface area contributed by atoms with E-state index < -0.39 is 0 Å². The standard InChI is InChI=1S/C25H28ClN3O/c1-19-7-5-6-8-21(19)17-28-16-15-27-24(28)18-29(23-9-3-2-4-10-23)25(30)20-11-13-22(26)14-12-20/h5-8,11-16,23H,2-4,9-10,17-18H2,1H3. The minimum absolute atomic E-state index is 0.0593. The van der Waals surface area contributed by atoms with E-state index in [0.29, 0.717) is 17.1 Å². The second kappa shape index (κ2) is 9.48. The molecule has 5 heteroatoms. The van der Waals surface area contributed by atoms with Gasteiger partial charge in [-0.3, -0.25) is 4.79 Å². The Morgan fingerprint density at radius 2 is 1.83 bits per heavy atom. The predicted molar refractivity (Wildman–Crippen MR) is 121 cm³/mol. The summed E-state index contributed by atoms with van der Waals surface area (Å²) in [6.07, 6.45) is 9.55. The molecule has 4 nitrogen and oxygen atoms in total. The molecule has 0 aliphatic heterocycles. The number of imidazole rings is 1. The Bertz CT molecular complexity index is 990. The maximum absolute atomic E-state index is 13.5. The van der Waals surface area contributed by atoms with Crippen LogP contribution in [0.15, 0.2) is 60.9 Å². The zero-order valence-electron chi connectivity index (χ0n) is 17.4. The molecule has 2 aromatic carbocycles. The Hall–Kier alpha value is -2.59. The van der Waals surface area contributed by atoms with Crippen LogP contribution in [0.25, 0.3) is 0 Å². The van der Waals surface area contributed by atoms with Crippen LogP contribution in [-0.2, 0) is 13.1 Å². The average Bonchev–Trinajstić information content (AvgIpc) is 3.21. The largest absolute Gasteiger partial charge is 0.329 e. The van der Waals surface area contributed by atoms with Crippen LogP contribution < -0.4 is 0 Å². The fourth-order valence-corrected chi connectivity index (χ4v) is 4.40. The number of aromatic nitrogens is 2. The van der Waals surface area contributed by atoms with E-state index in [-0.39, 0.29) is 11.9 Å². The fraction of sp³-hybridized carbons (Fsp3) is 0.360. The molecule has 1 aromatic heterocycles. The van der Waals surface area contributed by atoms with Crippen LogP contribution in [0.1, 0.15) is 59.4 Å². The van der Waals surface area contributed by atoms with Gasteiger partial charge in [0, 0.05) is 35.6 Å². The highest BCUT2D eigenvalue weighted by Gasteiger charge is 2.27. The van der Waals surface area contributed by atoms with Gasteiger partial charge in [-0.05, 0) is 55.2 Å². The summed E-state index contributed by atoms with van der Waals surface area (Å²) in [4.78, 5) is 20.1. The highest BCUT2D eigenvalue weighted by atomic mass is 35.5. The second-order valence-corrected chi connectivity index (χ2v) is 8.57. The summed E-state index contributed by atoms with van der Waals surface area (Å²) in [5.74, 6) is 0.982. The maximum Gasteiger partial charge on any atom is 0.254 e. The van der Waals surface area contributed by atoms with Gasteiger partial charge in [0.25, 0.3) is 5.91 Å². The second-order valence-electron chi connectivity index (χ2n) is 8.13. The molecule has 1 aliphatic carbocycles. The van der Waals surface area contributed by atoms with E-state index in [2.05, 4.69) is 40.7 Å². The molecule has 0 saturated heterocycles.